The SMILES string of the molecule is N#C/C(=C\c1ccc(N2CCN(Cc3ccccc3)CC2)cc1)c1nc2ccccc2[nH]1. The standard InChI is InChI=1S/C27H25N5/c28-19-23(27-29-25-8-4-5-9-26(25)30-27)18-21-10-12-24(13-11-21)32-16-14-31(15-17-32)20-22-6-2-1-3-7-22/h1-13,18H,14-17,20H2,(H,29,30)/b23-18+. The number of H-pyrrole nitrogens is 1. The minimum absolute atomic E-state index is 0.531. The molecule has 0 saturated carbocycles. The summed E-state index contributed by atoms with van der Waals surface area (Å²) in [5, 5.41) is 9.66. The summed E-state index contributed by atoms with van der Waals surface area (Å²) in [7, 11) is 0. The summed E-state index contributed by atoms with van der Waals surface area (Å²) in [6.45, 7) is 5.16. The Bertz CT molecular complexity index is 1220. The zero-order valence-corrected chi connectivity index (χ0v) is 17.9. The second-order valence-corrected chi connectivity index (χ2v) is 8.11. The summed E-state index contributed by atoms with van der Waals surface area (Å²) < 4.78 is 0. The summed E-state index contributed by atoms with van der Waals surface area (Å²) in [5.74, 6) is 0.604. The Morgan fingerprint density at radius 1 is 0.906 bits per heavy atom. The van der Waals surface area contributed by atoms with Gasteiger partial charge in [0, 0.05) is 38.4 Å². The molecule has 1 aromatic heterocycles. The first-order valence-corrected chi connectivity index (χ1v) is 11.0. The predicted molar refractivity (Wildman–Crippen MR) is 130 cm³/mol. The van der Waals surface area contributed by atoms with Crippen molar-refractivity contribution in [1.29, 1.82) is 5.26 Å². The number of piperazine rings is 1. The molecular formula is C27H25N5. The Hall–Kier alpha value is -3.88. The van der Waals surface area contributed by atoms with Gasteiger partial charge in [-0.3, -0.25) is 4.90 Å². The lowest BCUT2D eigenvalue weighted by Crippen LogP contribution is -2.45. The van der Waals surface area contributed by atoms with Crippen molar-refractivity contribution in [3.05, 3.63) is 95.8 Å². The van der Waals surface area contributed by atoms with Gasteiger partial charge in [0.1, 0.15) is 11.9 Å². The Morgan fingerprint density at radius 3 is 2.34 bits per heavy atom. The first-order valence-electron chi connectivity index (χ1n) is 11.0. The molecule has 1 N–H and O–H groups in total. The summed E-state index contributed by atoms with van der Waals surface area (Å²) in [4.78, 5) is 12.7. The van der Waals surface area contributed by atoms with Crippen molar-refractivity contribution in [3.63, 3.8) is 0 Å². The summed E-state index contributed by atoms with van der Waals surface area (Å²) in [5.41, 5.74) is 5.92. The number of para-hydroxylation sites is 2. The molecule has 0 bridgehead atoms. The van der Waals surface area contributed by atoms with Crippen molar-refractivity contribution in [3.8, 4) is 6.07 Å². The normalized spacial score (nSPS) is 15.1. The van der Waals surface area contributed by atoms with Crippen LogP contribution in [-0.4, -0.2) is 41.0 Å². The van der Waals surface area contributed by atoms with E-state index >= 15 is 0 Å². The fourth-order valence-corrected chi connectivity index (χ4v) is 4.19. The highest BCUT2D eigenvalue weighted by Crippen LogP contribution is 2.22. The highest BCUT2D eigenvalue weighted by Gasteiger charge is 2.17. The molecule has 0 amide bonds. The topological polar surface area (TPSA) is 59.0 Å². The largest absolute Gasteiger partial charge is 0.369 e. The number of benzene rings is 3. The number of imidazole rings is 1. The quantitative estimate of drug-likeness (QED) is 0.465. The van der Waals surface area contributed by atoms with Gasteiger partial charge in [-0.2, -0.15) is 5.26 Å². The highest BCUT2D eigenvalue weighted by molar-refractivity contribution is 5.90. The molecule has 1 aliphatic rings. The van der Waals surface area contributed by atoms with Crippen LogP contribution in [0.4, 0.5) is 5.69 Å². The van der Waals surface area contributed by atoms with Gasteiger partial charge in [0.25, 0.3) is 0 Å². The van der Waals surface area contributed by atoms with Crippen LogP contribution in [0, 0.1) is 11.3 Å². The maximum Gasteiger partial charge on any atom is 0.149 e. The molecule has 0 atom stereocenters. The van der Waals surface area contributed by atoms with Crippen LogP contribution in [0.15, 0.2) is 78.9 Å². The average Bonchev–Trinajstić information content (AvgIpc) is 3.28. The van der Waals surface area contributed by atoms with E-state index in [4.69, 9.17) is 0 Å². The number of fused-ring (bicyclic) bond motifs is 1. The monoisotopic (exact) mass is 419 g/mol. The van der Waals surface area contributed by atoms with E-state index in [1.165, 1.54) is 11.3 Å². The van der Waals surface area contributed by atoms with Crippen LogP contribution < -0.4 is 4.90 Å². The number of nitrogens with one attached hydrogen (secondary N) is 1. The second-order valence-electron chi connectivity index (χ2n) is 8.11. The molecule has 1 aliphatic heterocycles. The molecule has 1 fully saturated rings. The number of nitrogens with zero attached hydrogens (tertiary/aromatic N) is 4. The zero-order chi connectivity index (χ0) is 21.8. The van der Waals surface area contributed by atoms with Crippen LogP contribution in [0.1, 0.15) is 17.0 Å². The number of hydrogen-bond donors (Lipinski definition) is 1. The number of rotatable bonds is 5. The molecule has 0 spiro atoms. The van der Waals surface area contributed by atoms with Crippen LogP contribution in [0.3, 0.4) is 0 Å². The maximum absolute atomic E-state index is 9.66. The molecule has 5 rings (SSSR count). The number of hydrogen-bond acceptors (Lipinski definition) is 4. The van der Waals surface area contributed by atoms with Crippen LogP contribution >= 0.6 is 0 Å². The summed E-state index contributed by atoms with van der Waals surface area (Å²) >= 11 is 0. The number of aromatic nitrogens is 2. The van der Waals surface area contributed by atoms with Crippen molar-refractivity contribution >= 4 is 28.4 Å². The highest BCUT2D eigenvalue weighted by atomic mass is 15.3. The fourth-order valence-electron chi connectivity index (χ4n) is 4.19. The maximum atomic E-state index is 9.66. The molecule has 1 saturated heterocycles. The smallest absolute Gasteiger partial charge is 0.149 e. The minimum atomic E-state index is 0.531. The van der Waals surface area contributed by atoms with Gasteiger partial charge in [-0.15, -0.1) is 0 Å². The Kier molecular flexibility index (Phi) is 5.69. The third-order valence-corrected chi connectivity index (χ3v) is 5.96. The first-order chi connectivity index (χ1) is 15.8. The van der Waals surface area contributed by atoms with E-state index in [2.05, 4.69) is 80.4 Å². The van der Waals surface area contributed by atoms with Gasteiger partial charge >= 0.3 is 0 Å². The molecule has 2 heterocycles. The van der Waals surface area contributed by atoms with Gasteiger partial charge in [0.15, 0.2) is 0 Å². The van der Waals surface area contributed by atoms with E-state index in [-0.39, 0.29) is 0 Å². The number of anilines is 1. The van der Waals surface area contributed by atoms with Gasteiger partial charge in [-0.25, -0.2) is 4.98 Å². The van der Waals surface area contributed by atoms with E-state index in [9.17, 15) is 5.26 Å². The van der Waals surface area contributed by atoms with Crippen LogP contribution in [0.5, 0.6) is 0 Å². The lowest BCUT2D eigenvalue weighted by atomic mass is 10.1. The van der Waals surface area contributed by atoms with Crippen molar-refractivity contribution < 1.29 is 0 Å². The lowest BCUT2D eigenvalue weighted by molar-refractivity contribution is 0.250. The minimum Gasteiger partial charge on any atom is -0.369 e. The molecule has 5 nitrogen and oxygen atoms in total. The van der Waals surface area contributed by atoms with Gasteiger partial charge in [0.05, 0.1) is 16.6 Å². The van der Waals surface area contributed by atoms with E-state index in [1.807, 2.05) is 30.3 Å². The van der Waals surface area contributed by atoms with Crippen LogP contribution in [0.2, 0.25) is 0 Å². The van der Waals surface area contributed by atoms with Crippen molar-refractivity contribution in [2.45, 2.75) is 6.54 Å². The third-order valence-electron chi connectivity index (χ3n) is 5.96. The first kappa shape index (κ1) is 20.0. The molecule has 4 aromatic rings. The van der Waals surface area contributed by atoms with E-state index in [1.54, 1.807) is 0 Å². The summed E-state index contributed by atoms with van der Waals surface area (Å²) in [6, 6.07) is 29.2. The molecule has 0 radical (unpaired) electrons. The third kappa shape index (κ3) is 4.41. The van der Waals surface area contributed by atoms with Crippen LogP contribution in [-0.2, 0) is 6.54 Å². The van der Waals surface area contributed by atoms with Gasteiger partial charge in [-0.05, 0) is 41.5 Å². The number of aromatic amines is 1. The Morgan fingerprint density at radius 2 is 1.62 bits per heavy atom. The van der Waals surface area contributed by atoms with Gasteiger partial charge < -0.3 is 9.88 Å². The predicted octanol–water partition coefficient (Wildman–Crippen LogP) is 4.95. The molecule has 0 unspecified atom stereocenters. The van der Waals surface area contributed by atoms with Crippen molar-refractivity contribution in [2.24, 2.45) is 0 Å². The van der Waals surface area contributed by atoms with Crippen molar-refractivity contribution in [2.75, 3.05) is 31.1 Å². The molecule has 32 heavy (non-hydrogen) atoms. The molecule has 0 aliphatic carbocycles. The van der Waals surface area contributed by atoms with Crippen LogP contribution in [0.25, 0.3) is 22.7 Å². The molecule has 5 heteroatoms. The number of nitriles is 1. The molecular weight excluding hydrogens is 394 g/mol. The van der Waals surface area contributed by atoms with Gasteiger partial charge in [-0.1, -0.05) is 54.6 Å². The van der Waals surface area contributed by atoms with E-state index in [0.29, 0.717) is 11.4 Å². The average molecular weight is 420 g/mol. The lowest BCUT2D eigenvalue weighted by Gasteiger charge is -2.36. The van der Waals surface area contributed by atoms with Crippen molar-refractivity contribution in [1.82, 2.24) is 14.9 Å². The molecule has 158 valence electrons. The Balaban J connectivity index is 1.24. The number of allylic oxidation sites excluding steroid dienone is 1. The Labute approximate surface area is 188 Å². The summed E-state index contributed by atoms with van der Waals surface area (Å²) in [6.07, 6.45) is 1.89. The fraction of sp³-hybridized carbons (Fsp3) is 0.185. The van der Waals surface area contributed by atoms with E-state index in [0.717, 1.165) is 49.3 Å². The van der Waals surface area contributed by atoms with Gasteiger partial charge in [0.2, 0.25) is 0 Å². The van der Waals surface area contributed by atoms with E-state index < -0.39 is 0 Å². The molecule has 3 aromatic carbocycles. The second kappa shape index (κ2) is 9.09. The zero-order valence-electron chi connectivity index (χ0n) is 17.9.